The maximum Gasteiger partial charge on any atom is 0.323 e. The van der Waals surface area contributed by atoms with Crippen molar-refractivity contribution >= 4 is 18.2 Å². The van der Waals surface area contributed by atoms with E-state index in [2.05, 4.69) is 10.5 Å². The van der Waals surface area contributed by atoms with Gasteiger partial charge in [0, 0.05) is 14.0 Å². The van der Waals surface area contributed by atoms with Crippen LogP contribution in [0.1, 0.15) is 6.92 Å². The lowest BCUT2D eigenvalue weighted by molar-refractivity contribution is -0.137. The van der Waals surface area contributed by atoms with Gasteiger partial charge in [0.15, 0.2) is 0 Å². The molecule has 0 aromatic heterocycles. The number of hydrogen-bond acceptors (Lipinski definition) is 3. The molecule has 0 atom stereocenters. The van der Waals surface area contributed by atoms with E-state index in [1.165, 1.54) is 18.2 Å². The second-order valence-electron chi connectivity index (χ2n) is 2.22. The van der Waals surface area contributed by atoms with Crippen molar-refractivity contribution in [1.29, 1.82) is 0 Å². The Morgan fingerprint density at radius 2 is 2.25 bits per heavy atom. The van der Waals surface area contributed by atoms with E-state index in [9.17, 15) is 9.59 Å². The fraction of sp³-hybridized carbons (Fsp3) is 0.500. The van der Waals surface area contributed by atoms with Gasteiger partial charge in [-0.1, -0.05) is 0 Å². The molecule has 0 radical (unpaired) electrons. The average molecular weight is 173 g/mol. The average Bonchev–Trinajstić information content (AvgIpc) is 1.84. The first-order chi connectivity index (χ1) is 5.52. The molecule has 0 aliphatic carbocycles. The lowest BCUT2D eigenvalue weighted by atomic mass is 10.6. The molecule has 0 rings (SSSR count). The van der Waals surface area contributed by atoms with Crippen LogP contribution in [0.25, 0.3) is 0 Å². The second kappa shape index (κ2) is 5.11. The highest BCUT2D eigenvalue weighted by Gasteiger charge is 1.98. The number of hydrazone groups is 1. The number of rotatable bonds is 4. The van der Waals surface area contributed by atoms with Gasteiger partial charge >= 0.3 is 5.97 Å². The number of hydrogen-bond donors (Lipinski definition) is 2. The first-order valence-electron chi connectivity index (χ1n) is 3.24. The number of amides is 1. The summed E-state index contributed by atoms with van der Waals surface area (Å²) in [5.41, 5.74) is 2.15. The highest BCUT2D eigenvalue weighted by molar-refractivity contribution is 5.75. The molecule has 0 heterocycles. The third-order valence-electron chi connectivity index (χ3n) is 0.862. The standard InChI is InChI=1S/C6H11N3O3/c1-5(10)8-7-4-9(2)3-6(11)12/h4H,3H2,1-2H3,(H,8,10)(H,11,12). The molecular formula is C6H11N3O3. The molecule has 2 N–H and O–H groups in total. The third-order valence-corrected chi connectivity index (χ3v) is 0.862. The minimum absolute atomic E-state index is 0.150. The van der Waals surface area contributed by atoms with Gasteiger partial charge in [-0.05, 0) is 0 Å². The minimum atomic E-state index is -0.952. The Morgan fingerprint density at radius 3 is 2.67 bits per heavy atom. The van der Waals surface area contributed by atoms with Gasteiger partial charge in [-0.3, -0.25) is 9.59 Å². The van der Waals surface area contributed by atoms with Crippen molar-refractivity contribution in [2.75, 3.05) is 13.6 Å². The van der Waals surface area contributed by atoms with E-state index in [-0.39, 0.29) is 12.5 Å². The number of carbonyl (C=O) groups is 2. The highest BCUT2D eigenvalue weighted by atomic mass is 16.4. The van der Waals surface area contributed by atoms with Gasteiger partial charge in [-0.2, -0.15) is 5.10 Å². The van der Waals surface area contributed by atoms with Crippen LogP contribution in [0.2, 0.25) is 0 Å². The summed E-state index contributed by atoms with van der Waals surface area (Å²) in [7, 11) is 1.54. The van der Waals surface area contributed by atoms with Gasteiger partial charge in [0.05, 0.1) is 0 Å². The highest BCUT2D eigenvalue weighted by Crippen LogP contribution is 1.75. The Balaban J connectivity index is 3.67. The van der Waals surface area contributed by atoms with Crippen LogP contribution >= 0.6 is 0 Å². The van der Waals surface area contributed by atoms with Crippen molar-refractivity contribution in [3.05, 3.63) is 0 Å². The van der Waals surface area contributed by atoms with Crippen molar-refractivity contribution in [2.24, 2.45) is 5.10 Å². The number of carbonyl (C=O) groups excluding carboxylic acids is 1. The Hall–Kier alpha value is -1.59. The maximum atomic E-state index is 10.3. The van der Waals surface area contributed by atoms with Crippen molar-refractivity contribution < 1.29 is 14.7 Å². The number of aliphatic carboxylic acids is 1. The predicted octanol–water partition coefficient (Wildman–Crippen LogP) is -0.918. The molecule has 6 heteroatoms. The SMILES string of the molecule is CC(=O)NN=CN(C)CC(=O)O. The summed E-state index contributed by atoms with van der Waals surface area (Å²) in [4.78, 5) is 21.7. The fourth-order valence-electron chi connectivity index (χ4n) is 0.473. The largest absolute Gasteiger partial charge is 0.480 e. The van der Waals surface area contributed by atoms with Crippen LogP contribution in [-0.2, 0) is 9.59 Å². The fourth-order valence-corrected chi connectivity index (χ4v) is 0.473. The van der Waals surface area contributed by atoms with Gasteiger partial charge in [-0.25, -0.2) is 5.43 Å². The monoisotopic (exact) mass is 173 g/mol. The quantitative estimate of drug-likeness (QED) is 0.327. The molecule has 0 aromatic carbocycles. The lowest BCUT2D eigenvalue weighted by Crippen LogP contribution is -2.25. The molecule has 0 saturated carbocycles. The zero-order valence-corrected chi connectivity index (χ0v) is 6.94. The zero-order valence-electron chi connectivity index (χ0n) is 6.94. The Kier molecular flexibility index (Phi) is 4.43. The summed E-state index contributed by atoms with van der Waals surface area (Å²) >= 11 is 0. The Bertz CT molecular complexity index is 202. The van der Waals surface area contributed by atoms with Gasteiger partial charge < -0.3 is 10.0 Å². The Labute approximate surface area is 69.9 Å². The molecule has 0 spiro atoms. The molecule has 0 bridgehead atoms. The van der Waals surface area contributed by atoms with E-state index in [1.54, 1.807) is 7.05 Å². The van der Waals surface area contributed by atoms with E-state index in [4.69, 9.17) is 5.11 Å². The molecule has 0 aromatic rings. The van der Waals surface area contributed by atoms with Crippen LogP contribution in [-0.4, -0.2) is 41.8 Å². The van der Waals surface area contributed by atoms with E-state index in [0.29, 0.717) is 0 Å². The van der Waals surface area contributed by atoms with Crippen molar-refractivity contribution in [2.45, 2.75) is 6.92 Å². The smallest absolute Gasteiger partial charge is 0.323 e. The molecule has 0 unspecified atom stereocenters. The molecular weight excluding hydrogens is 162 g/mol. The summed E-state index contributed by atoms with van der Waals surface area (Å²) in [6.45, 7) is 1.16. The van der Waals surface area contributed by atoms with Crippen LogP contribution in [0.5, 0.6) is 0 Å². The number of likely N-dealkylation sites (N-methyl/N-ethyl adjacent to an activating group) is 1. The Morgan fingerprint density at radius 1 is 1.67 bits per heavy atom. The van der Waals surface area contributed by atoms with E-state index in [0.717, 1.165) is 0 Å². The summed E-state index contributed by atoms with van der Waals surface area (Å²) in [6, 6.07) is 0. The van der Waals surface area contributed by atoms with E-state index < -0.39 is 5.97 Å². The van der Waals surface area contributed by atoms with Gasteiger partial charge in [0.1, 0.15) is 12.9 Å². The first kappa shape index (κ1) is 10.4. The number of nitrogens with one attached hydrogen (secondary N) is 1. The summed E-state index contributed by atoms with van der Waals surface area (Å²) < 4.78 is 0. The van der Waals surface area contributed by atoms with Crippen LogP contribution < -0.4 is 5.43 Å². The molecule has 1 amide bonds. The topological polar surface area (TPSA) is 82.0 Å². The normalized spacial score (nSPS) is 9.83. The van der Waals surface area contributed by atoms with Crippen LogP contribution in [0.4, 0.5) is 0 Å². The van der Waals surface area contributed by atoms with Gasteiger partial charge in [0.2, 0.25) is 5.91 Å². The molecule has 12 heavy (non-hydrogen) atoms. The van der Waals surface area contributed by atoms with Crippen molar-refractivity contribution in [3.63, 3.8) is 0 Å². The van der Waals surface area contributed by atoms with E-state index >= 15 is 0 Å². The molecule has 0 saturated heterocycles. The van der Waals surface area contributed by atoms with Crippen molar-refractivity contribution in [1.82, 2.24) is 10.3 Å². The molecule has 0 fully saturated rings. The summed E-state index contributed by atoms with van der Waals surface area (Å²) in [5.74, 6) is -1.25. The maximum absolute atomic E-state index is 10.3. The number of nitrogens with zero attached hydrogens (tertiary/aromatic N) is 2. The predicted molar refractivity (Wildman–Crippen MR) is 42.6 cm³/mol. The molecule has 0 aliphatic rings. The third kappa shape index (κ3) is 6.53. The lowest BCUT2D eigenvalue weighted by Gasteiger charge is -2.07. The van der Waals surface area contributed by atoms with Gasteiger partial charge in [0.25, 0.3) is 0 Å². The number of carboxylic acids is 1. The second-order valence-corrected chi connectivity index (χ2v) is 2.22. The first-order valence-corrected chi connectivity index (χ1v) is 3.24. The summed E-state index contributed by atoms with van der Waals surface area (Å²) in [5, 5.41) is 11.8. The van der Waals surface area contributed by atoms with Crippen LogP contribution in [0.3, 0.4) is 0 Å². The minimum Gasteiger partial charge on any atom is -0.480 e. The molecule has 6 nitrogen and oxygen atoms in total. The molecule has 68 valence electrons. The zero-order chi connectivity index (χ0) is 9.56. The number of carboxylic acid groups (broad SMARTS) is 1. The van der Waals surface area contributed by atoms with Crippen LogP contribution in [0, 0.1) is 0 Å². The van der Waals surface area contributed by atoms with Gasteiger partial charge in [-0.15, -0.1) is 0 Å². The molecule has 0 aliphatic heterocycles. The van der Waals surface area contributed by atoms with Crippen molar-refractivity contribution in [3.8, 4) is 0 Å². The summed E-state index contributed by atoms with van der Waals surface area (Å²) in [6.07, 6.45) is 1.23. The van der Waals surface area contributed by atoms with E-state index in [1.807, 2.05) is 0 Å². The van der Waals surface area contributed by atoms with Crippen LogP contribution in [0.15, 0.2) is 5.10 Å².